The highest BCUT2D eigenvalue weighted by molar-refractivity contribution is 6.42. The van der Waals surface area contributed by atoms with E-state index in [4.69, 9.17) is 33.0 Å². The summed E-state index contributed by atoms with van der Waals surface area (Å²) in [5.74, 6) is 0.407. The Hall–Kier alpha value is -0.970. The molecule has 0 heterocycles. The number of nitrogens with one attached hydrogen (secondary N) is 1. The molecular formula is C12H15Cl2NO3. The molecule has 1 aromatic carbocycles. The topological polar surface area (TPSA) is 58.6 Å². The van der Waals surface area contributed by atoms with Crippen molar-refractivity contribution in [2.24, 2.45) is 0 Å². The Morgan fingerprint density at radius 2 is 2.17 bits per heavy atom. The number of aliphatic hydroxyl groups excluding tert-OH is 1. The summed E-state index contributed by atoms with van der Waals surface area (Å²) in [7, 11) is 0. The molecule has 0 bridgehead atoms. The van der Waals surface area contributed by atoms with Crippen LogP contribution in [0.4, 0.5) is 0 Å². The number of carbonyl (C=O) groups is 1. The molecule has 0 saturated carbocycles. The van der Waals surface area contributed by atoms with E-state index >= 15 is 0 Å². The second kappa shape index (κ2) is 8.19. The second-order valence-corrected chi connectivity index (χ2v) is 4.36. The van der Waals surface area contributed by atoms with Crippen molar-refractivity contribution in [2.45, 2.75) is 12.8 Å². The van der Waals surface area contributed by atoms with Crippen LogP contribution in [0.15, 0.2) is 18.2 Å². The van der Waals surface area contributed by atoms with Crippen molar-refractivity contribution in [1.82, 2.24) is 5.32 Å². The number of hydrogen-bond acceptors (Lipinski definition) is 3. The third kappa shape index (κ3) is 5.12. The molecule has 0 aliphatic rings. The number of carbonyl (C=O) groups excluding carboxylic acids is 1. The first kappa shape index (κ1) is 15.1. The first-order valence-electron chi connectivity index (χ1n) is 5.59. The standard InChI is InChI=1S/C12H15Cl2NO3/c13-9-3-1-4-10(12(9)14)18-8-2-5-11(17)15-6-7-16/h1,3-4,16H,2,5-8H2,(H,15,17). The van der Waals surface area contributed by atoms with Crippen LogP contribution in [-0.2, 0) is 4.79 Å². The van der Waals surface area contributed by atoms with E-state index in [0.29, 0.717) is 35.2 Å². The van der Waals surface area contributed by atoms with Crippen LogP contribution in [0.25, 0.3) is 0 Å². The number of amides is 1. The van der Waals surface area contributed by atoms with Gasteiger partial charge in [0.15, 0.2) is 0 Å². The van der Waals surface area contributed by atoms with Crippen molar-refractivity contribution >= 4 is 29.1 Å². The summed E-state index contributed by atoms with van der Waals surface area (Å²) in [6.07, 6.45) is 0.915. The molecule has 1 aromatic rings. The Morgan fingerprint density at radius 3 is 2.89 bits per heavy atom. The Balaban J connectivity index is 2.25. The maximum Gasteiger partial charge on any atom is 0.220 e. The molecule has 0 fully saturated rings. The maximum absolute atomic E-state index is 11.2. The predicted octanol–water partition coefficient (Wildman–Crippen LogP) is 2.26. The SMILES string of the molecule is O=C(CCCOc1cccc(Cl)c1Cl)NCCO. The monoisotopic (exact) mass is 291 g/mol. The molecule has 0 aliphatic carbocycles. The van der Waals surface area contributed by atoms with Gasteiger partial charge in [-0.3, -0.25) is 4.79 Å². The minimum Gasteiger partial charge on any atom is -0.492 e. The number of benzene rings is 1. The quantitative estimate of drug-likeness (QED) is 0.758. The van der Waals surface area contributed by atoms with Gasteiger partial charge in [0.25, 0.3) is 0 Å². The summed E-state index contributed by atoms with van der Waals surface area (Å²) in [5.41, 5.74) is 0. The summed E-state index contributed by atoms with van der Waals surface area (Å²) >= 11 is 11.8. The van der Waals surface area contributed by atoms with E-state index in [9.17, 15) is 4.79 Å². The van der Waals surface area contributed by atoms with Gasteiger partial charge in [0, 0.05) is 13.0 Å². The van der Waals surface area contributed by atoms with Gasteiger partial charge >= 0.3 is 0 Å². The molecule has 2 N–H and O–H groups in total. The highest BCUT2D eigenvalue weighted by Gasteiger charge is 2.05. The zero-order valence-corrected chi connectivity index (χ0v) is 11.3. The molecule has 18 heavy (non-hydrogen) atoms. The van der Waals surface area contributed by atoms with E-state index in [1.807, 2.05) is 0 Å². The number of halogens is 2. The molecule has 100 valence electrons. The number of rotatable bonds is 7. The summed E-state index contributed by atoms with van der Waals surface area (Å²) in [5, 5.41) is 11.9. The molecule has 1 amide bonds. The van der Waals surface area contributed by atoms with Crippen LogP contribution in [0.5, 0.6) is 5.75 Å². The lowest BCUT2D eigenvalue weighted by molar-refractivity contribution is -0.121. The van der Waals surface area contributed by atoms with E-state index in [0.717, 1.165) is 0 Å². The lowest BCUT2D eigenvalue weighted by Crippen LogP contribution is -2.26. The van der Waals surface area contributed by atoms with E-state index < -0.39 is 0 Å². The molecule has 0 saturated heterocycles. The van der Waals surface area contributed by atoms with Gasteiger partial charge in [0.05, 0.1) is 18.2 Å². The van der Waals surface area contributed by atoms with Crippen molar-refractivity contribution in [2.75, 3.05) is 19.8 Å². The fourth-order valence-corrected chi connectivity index (χ4v) is 1.64. The summed E-state index contributed by atoms with van der Waals surface area (Å²) in [4.78, 5) is 11.2. The van der Waals surface area contributed by atoms with Crippen LogP contribution in [0.1, 0.15) is 12.8 Å². The molecule has 6 heteroatoms. The third-order valence-corrected chi connectivity index (χ3v) is 2.96. The molecule has 0 aromatic heterocycles. The fraction of sp³-hybridized carbons (Fsp3) is 0.417. The minimum absolute atomic E-state index is 0.0552. The second-order valence-electron chi connectivity index (χ2n) is 3.58. The normalized spacial score (nSPS) is 10.2. The lowest BCUT2D eigenvalue weighted by Gasteiger charge is -2.08. The first-order chi connectivity index (χ1) is 8.65. The van der Waals surface area contributed by atoms with Crippen LogP contribution in [-0.4, -0.2) is 30.8 Å². The van der Waals surface area contributed by atoms with Crippen LogP contribution >= 0.6 is 23.2 Å². The van der Waals surface area contributed by atoms with Crippen LogP contribution < -0.4 is 10.1 Å². The van der Waals surface area contributed by atoms with Crippen molar-refractivity contribution in [1.29, 1.82) is 0 Å². The van der Waals surface area contributed by atoms with Gasteiger partial charge < -0.3 is 15.2 Å². The lowest BCUT2D eigenvalue weighted by atomic mass is 10.3. The van der Waals surface area contributed by atoms with Crippen molar-refractivity contribution < 1.29 is 14.6 Å². The van der Waals surface area contributed by atoms with Crippen LogP contribution in [0.2, 0.25) is 10.0 Å². The van der Waals surface area contributed by atoms with Gasteiger partial charge in [-0.15, -0.1) is 0 Å². The van der Waals surface area contributed by atoms with Gasteiger partial charge in [-0.25, -0.2) is 0 Å². The highest BCUT2D eigenvalue weighted by Crippen LogP contribution is 2.31. The third-order valence-electron chi connectivity index (χ3n) is 2.16. The molecule has 1 rings (SSSR count). The van der Waals surface area contributed by atoms with Gasteiger partial charge in [-0.1, -0.05) is 29.3 Å². The Kier molecular flexibility index (Phi) is 6.86. The molecule has 0 spiro atoms. The van der Waals surface area contributed by atoms with Crippen molar-refractivity contribution in [3.63, 3.8) is 0 Å². The molecule has 0 radical (unpaired) electrons. The van der Waals surface area contributed by atoms with E-state index in [1.165, 1.54) is 0 Å². The first-order valence-corrected chi connectivity index (χ1v) is 6.35. The van der Waals surface area contributed by atoms with Gasteiger partial charge in [0.2, 0.25) is 5.91 Å². The number of aliphatic hydroxyl groups is 1. The van der Waals surface area contributed by atoms with Crippen molar-refractivity contribution in [3.8, 4) is 5.75 Å². The number of hydrogen-bond donors (Lipinski definition) is 2. The van der Waals surface area contributed by atoms with E-state index in [-0.39, 0.29) is 19.1 Å². The van der Waals surface area contributed by atoms with Gasteiger partial charge in [-0.2, -0.15) is 0 Å². The van der Waals surface area contributed by atoms with Gasteiger partial charge in [-0.05, 0) is 18.6 Å². The average molecular weight is 292 g/mol. The minimum atomic E-state index is -0.107. The van der Waals surface area contributed by atoms with Gasteiger partial charge in [0.1, 0.15) is 10.8 Å². The largest absolute Gasteiger partial charge is 0.492 e. The fourth-order valence-electron chi connectivity index (χ4n) is 1.29. The zero-order valence-electron chi connectivity index (χ0n) is 9.79. The zero-order chi connectivity index (χ0) is 13.4. The average Bonchev–Trinajstić information content (AvgIpc) is 2.37. The molecule has 0 unspecified atom stereocenters. The number of ether oxygens (including phenoxy) is 1. The molecule has 0 aliphatic heterocycles. The highest BCUT2D eigenvalue weighted by atomic mass is 35.5. The Morgan fingerprint density at radius 1 is 1.39 bits per heavy atom. The summed E-state index contributed by atoms with van der Waals surface area (Å²) < 4.78 is 5.43. The Labute approximate surface area is 116 Å². The summed E-state index contributed by atoms with van der Waals surface area (Å²) in [6, 6.07) is 5.15. The van der Waals surface area contributed by atoms with Crippen LogP contribution in [0.3, 0.4) is 0 Å². The van der Waals surface area contributed by atoms with E-state index in [2.05, 4.69) is 5.32 Å². The predicted molar refractivity (Wildman–Crippen MR) is 71.3 cm³/mol. The van der Waals surface area contributed by atoms with Crippen LogP contribution in [0, 0.1) is 0 Å². The molecular weight excluding hydrogens is 277 g/mol. The smallest absolute Gasteiger partial charge is 0.220 e. The molecule has 0 atom stereocenters. The Bertz CT molecular complexity index is 399. The maximum atomic E-state index is 11.2. The summed E-state index contributed by atoms with van der Waals surface area (Å²) in [6.45, 7) is 0.604. The van der Waals surface area contributed by atoms with E-state index in [1.54, 1.807) is 18.2 Å². The molecule has 4 nitrogen and oxygen atoms in total. The van der Waals surface area contributed by atoms with Crippen molar-refractivity contribution in [3.05, 3.63) is 28.2 Å².